The summed E-state index contributed by atoms with van der Waals surface area (Å²) >= 11 is 5.53. The summed E-state index contributed by atoms with van der Waals surface area (Å²) in [6.07, 6.45) is -2.73. The topological polar surface area (TPSA) is 37.3 Å². The van der Waals surface area contributed by atoms with E-state index < -0.39 is 23.1 Å². The van der Waals surface area contributed by atoms with E-state index in [0.717, 1.165) is 18.2 Å². The number of halogens is 3. The Labute approximate surface area is 90.5 Å². The molecule has 1 aromatic rings. The smallest absolute Gasteiger partial charge is 0.264 e. The van der Waals surface area contributed by atoms with Crippen molar-refractivity contribution in [2.24, 2.45) is 0 Å². The Hall–Kier alpha value is -1.16. The molecule has 1 atom stereocenters. The number of hydrogen-bond acceptors (Lipinski definition) is 2. The molecule has 0 aliphatic rings. The van der Waals surface area contributed by atoms with Crippen molar-refractivity contribution in [3.8, 4) is 5.75 Å². The van der Waals surface area contributed by atoms with Crippen LogP contribution in [-0.2, 0) is 0 Å². The Balaban J connectivity index is 3.14. The van der Waals surface area contributed by atoms with Gasteiger partial charge in [0.05, 0.1) is 5.38 Å². The van der Waals surface area contributed by atoms with Crippen molar-refractivity contribution in [3.63, 3.8) is 0 Å². The minimum atomic E-state index is -2.73. The number of aromatic hydroxyl groups is 1. The maximum atomic E-state index is 12.3. The van der Waals surface area contributed by atoms with E-state index in [1.807, 2.05) is 0 Å². The van der Waals surface area contributed by atoms with E-state index in [9.17, 15) is 13.6 Å². The standard InChI is InChI=1S/C10H9ClF2O2/c1-5(11)9(15)6-2-7(10(12)13)4-8(14)3-6/h2-5,10,14H,1H3. The van der Waals surface area contributed by atoms with Crippen LogP contribution >= 0.6 is 11.6 Å². The summed E-state index contributed by atoms with van der Waals surface area (Å²) in [6.45, 7) is 1.44. The number of benzene rings is 1. The number of phenols is 1. The first-order valence-corrected chi connectivity index (χ1v) is 4.66. The molecule has 0 radical (unpaired) electrons. The molecule has 5 heteroatoms. The summed E-state index contributed by atoms with van der Waals surface area (Å²) < 4.78 is 24.7. The molecule has 1 aromatic carbocycles. The average molecular weight is 235 g/mol. The lowest BCUT2D eigenvalue weighted by Crippen LogP contribution is -2.10. The summed E-state index contributed by atoms with van der Waals surface area (Å²) in [4.78, 5) is 11.4. The monoisotopic (exact) mass is 234 g/mol. The van der Waals surface area contributed by atoms with Crippen LogP contribution in [0.4, 0.5) is 8.78 Å². The van der Waals surface area contributed by atoms with Gasteiger partial charge in [-0.15, -0.1) is 11.6 Å². The fourth-order valence-corrected chi connectivity index (χ4v) is 1.26. The second kappa shape index (κ2) is 4.57. The third kappa shape index (κ3) is 2.89. The van der Waals surface area contributed by atoms with Crippen LogP contribution < -0.4 is 0 Å². The number of carbonyl (C=O) groups is 1. The largest absolute Gasteiger partial charge is 0.508 e. The van der Waals surface area contributed by atoms with Crippen molar-refractivity contribution < 1.29 is 18.7 Å². The molecular weight excluding hydrogens is 226 g/mol. The van der Waals surface area contributed by atoms with Gasteiger partial charge in [0.25, 0.3) is 6.43 Å². The van der Waals surface area contributed by atoms with Crippen LogP contribution in [0.5, 0.6) is 5.75 Å². The average Bonchev–Trinajstić information content (AvgIpc) is 2.15. The van der Waals surface area contributed by atoms with Crippen LogP contribution in [0.2, 0.25) is 0 Å². The fraction of sp³-hybridized carbons (Fsp3) is 0.300. The van der Waals surface area contributed by atoms with Crippen LogP contribution in [0.25, 0.3) is 0 Å². The minimum Gasteiger partial charge on any atom is -0.508 e. The lowest BCUT2D eigenvalue weighted by atomic mass is 10.0. The summed E-state index contributed by atoms with van der Waals surface area (Å²) in [7, 11) is 0. The molecule has 0 aliphatic carbocycles. The van der Waals surface area contributed by atoms with Gasteiger partial charge in [0.2, 0.25) is 0 Å². The molecule has 0 aromatic heterocycles. The zero-order chi connectivity index (χ0) is 11.6. The van der Waals surface area contributed by atoms with Crippen LogP contribution in [0.1, 0.15) is 29.3 Å². The Morgan fingerprint density at radius 3 is 2.47 bits per heavy atom. The van der Waals surface area contributed by atoms with E-state index in [-0.39, 0.29) is 11.3 Å². The first-order chi connectivity index (χ1) is 6.91. The minimum absolute atomic E-state index is 0.00667. The molecule has 0 saturated carbocycles. The molecule has 1 rings (SSSR count). The van der Waals surface area contributed by atoms with Crippen LogP contribution in [-0.4, -0.2) is 16.3 Å². The summed E-state index contributed by atoms with van der Waals surface area (Å²) in [6, 6.07) is 3.07. The Kier molecular flexibility index (Phi) is 3.63. The second-order valence-corrected chi connectivity index (χ2v) is 3.75. The van der Waals surface area contributed by atoms with Gasteiger partial charge in [-0.1, -0.05) is 0 Å². The van der Waals surface area contributed by atoms with E-state index in [0.29, 0.717) is 0 Å². The molecule has 0 aliphatic heterocycles. The van der Waals surface area contributed by atoms with Gasteiger partial charge >= 0.3 is 0 Å². The molecule has 0 bridgehead atoms. The van der Waals surface area contributed by atoms with E-state index in [4.69, 9.17) is 16.7 Å². The van der Waals surface area contributed by atoms with Gasteiger partial charge in [-0.2, -0.15) is 0 Å². The lowest BCUT2D eigenvalue weighted by molar-refractivity contribution is 0.0990. The van der Waals surface area contributed by atoms with Crippen molar-refractivity contribution in [1.82, 2.24) is 0 Å². The Bertz CT molecular complexity index is 378. The zero-order valence-electron chi connectivity index (χ0n) is 7.88. The maximum absolute atomic E-state index is 12.3. The van der Waals surface area contributed by atoms with Gasteiger partial charge in [0, 0.05) is 11.1 Å². The number of carbonyl (C=O) groups excluding carboxylic acids is 1. The molecule has 0 saturated heterocycles. The number of alkyl halides is 3. The number of rotatable bonds is 3. The molecule has 2 nitrogen and oxygen atoms in total. The van der Waals surface area contributed by atoms with E-state index in [2.05, 4.69) is 0 Å². The molecule has 0 spiro atoms. The highest BCUT2D eigenvalue weighted by Gasteiger charge is 2.16. The fourth-order valence-electron chi connectivity index (χ4n) is 1.13. The highest BCUT2D eigenvalue weighted by Crippen LogP contribution is 2.25. The first-order valence-electron chi connectivity index (χ1n) is 4.22. The Morgan fingerprint density at radius 1 is 1.40 bits per heavy atom. The number of hydrogen-bond donors (Lipinski definition) is 1. The summed E-state index contributed by atoms with van der Waals surface area (Å²) in [5.74, 6) is -0.858. The predicted molar refractivity (Wildman–Crippen MR) is 52.7 cm³/mol. The van der Waals surface area contributed by atoms with Gasteiger partial charge in [-0.3, -0.25) is 4.79 Å². The SMILES string of the molecule is CC(Cl)C(=O)c1cc(O)cc(C(F)F)c1. The predicted octanol–water partition coefficient (Wildman–Crippen LogP) is 3.14. The normalized spacial score (nSPS) is 12.9. The van der Waals surface area contributed by atoms with Crippen LogP contribution in [0, 0.1) is 0 Å². The molecular formula is C10H9ClF2O2. The zero-order valence-corrected chi connectivity index (χ0v) is 8.63. The van der Waals surface area contributed by atoms with E-state index >= 15 is 0 Å². The first kappa shape index (κ1) is 11.9. The van der Waals surface area contributed by atoms with Crippen molar-refractivity contribution in [3.05, 3.63) is 29.3 Å². The second-order valence-electron chi connectivity index (χ2n) is 3.09. The third-order valence-electron chi connectivity index (χ3n) is 1.84. The van der Waals surface area contributed by atoms with Crippen LogP contribution in [0.15, 0.2) is 18.2 Å². The van der Waals surface area contributed by atoms with Crippen molar-refractivity contribution in [2.45, 2.75) is 18.7 Å². The number of Topliss-reactive ketones (excluding diaryl/α,β-unsaturated/α-hetero) is 1. The molecule has 1 unspecified atom stereocenters. The van der Waals surface area contributed by atoms with Gasteiger partial charge in [0.15, 0.2) is 5.78 Å². The molecule has 0 heterocycles. The maximum Gasteiger partial charge on any atom is 0.264 e. The quantitative estimate of drug-likeness (QED) is 0.644. The van der Waals surface area contributed by atoms with Crippen molar-refractivity contribution in [1.29, 1.82) is 0 Å². The van der Waals surface area contributed by atoms with Crippen LogP contribution in [0.3, 0.4) is 0 Å². The van der Waals surface area contributed by atoms with Gasteiger partial charge < -0.3 is 5.11 Å². The molecule has 15 heavy (non-hydrogen) atoms. The van der Waals surface area contributed by atoms with E-state index in [1.54, 1.807) is 0 Å². The van der Waals surface area contributed by atoms with Crippen molar-refractivity contribution >= 4 is 17.4 Å². The summed E-state index contributed by atoms with van der Waals surface area (Å²) in [5.41, 5.74) is -0.400. The van der Waals surface area contributed by atoms with Crippen molar-refractivity contribution in [2.75, 3.05) is 0 Å². The number of ketones is 1. The molecule has 0 fully saturated rings. The van der Waals surface area contributed by atoms with Gasteiger partial charge in [-0.05, 0) is 25.1 Å². The molecule has 82 valence electrons. The van der Waals surface area contributed by atoms with E-state index in [1.165, 1.54) is 6.92 Å². The Morgan fingerprint density at radius 2 is 2.00 bits per heavy atom. The summed E-state index contributed by atoms with van der Waals surface area (Å²) in [5, 5.41) is 8.34. The van der Waals surface area contributed by atoms with Gasteiger partial charge in [0.1, 0.15) is 5.75 Å². The number of phenolic OH excluding ortho intramolecular Hbond substituents is 1. The lowest BCUT2D eigenvalue weighted by Gasteiger charge is -2.06. The molecule has 0 amide bonds. The third-order valence-corrected chi connectivity index (χ3v) is 2.04. The molecule has 1 N–H and O–H groups in total. The highest BCUT2D eigenvalue weighted by atomic mass is 35.5. The van der Waals surface area contributed by atoms with Gasteiger partial charge in [-0.25, -0.2) is 8.78 Å². The highest BCUT2D eigenvalue weighted by molar-refractivity contribution is 6.33.